The summed E-state index contributed by atoms with van der Waals surface area (Å²) < 4.78 is 80.7. The lowest BCUT2D eigenvalue weighted by atomic mass is 9.93. The van der Waals surface area contributed by atoms with Crippen molar-refractivity contribution in [1.29, 1.82) is 5.26 Å². The number of halogens is 2. The van der Waals surface area contributed by atoms with Crippen molar-refractivity contribution in [3.8, 4) is 11.8 Å². The van der Waals surface area contributed by atoms with Crippen molar-refractivity contribution in [3.63, 3.8) is 0 Å². The largest absolute Gasteiger partial charge is 0.530 e. The fourth-order valence-electron chi connectivity index (χ4n) is 8.49. The van der Waals surface area contributed by atoms with Gasteiger partial charge in [0, 0.05) is 6.61 Å². The van der Waals surface area contributed by atoms with E-state index in [1.54, 1.807) is 54.8 Å². The summed E-state index contributed by atoms with van der Waals surface area (Å²) in [6, 6.07) is 16.1. The lowest BCUT2D eigenvalue weighted by molar-refractivity contribution is -0.212. The van der Waals surface area contributed by atoms with Gasteiger partial charge in [-0.25, -0.2) is 18.5 Å². The van der Waals surface area contributed by atoms with Gasteiger partial charge in [-0.2, -0.15) is 10.4 Å². The topological polar surface area (TPSA) is 171 Å². The molecule has 2 aromatic carbocycles. The molecule has 2 saturated heterocycles. The van der Waals surface area contributed by atoms with Crippen molar-refractivity contribution in [3.05, 3.63) is 101 Å². The van der Waals surface area contributed by atoms with E-state index in [1.165, 1.54) is 76.6 Å². The van der Waals surface area contributed by atoms with E-state index in [4.69, 9.17) is 54.6 Å². The van der Waals surface area contributed by atoms with Gasteiger partial charge < -0.3 is 33.9 Å². The minimum Gasteiger partial charge on any atom is -0.402 e. The zero-order chi connectivity index (χ0) is 47.7. The van der Waals surface area contributed by atoms with Crippen LogP contribution in [0.4, 0.5) is 10.2 Å². The number of allylic oxidation sites excluding steroid dienone is 2. The Balaban J connectivity index is 1.06. The quantitative estimate of drug-likeness (QED) is 0.0298. The van der Waals surface area contributed by atoms with Crippen molar-refractivity contribution in [2.45, 2.75) is 160 Å². The first-order valence-corrected chi connectivity index (χ1v) is 25.7. The van der Waals surface area contributed by atoms with Crippen LogP contribution in [0.1, 0.15) is 134 Å². The van der Waals surface area contributed by atoms with Gasteiger partial charge in [0.25, 0.3) is 0 Å². The first-order valence-electron chi connectivity index (χ1n) is 23.8. The smallest absolute Gasteiger partial charge is 0.402 e. The maximum Gasteiger partial charge on any atom is 0.530 e. The molecule has 2 aliphatic rings. The van der Waals surface area contributed by atoms with Crippen LogP contribution in [0.2, 0.25) is 5.02 Å². The van der Waals surface area contributed by atoms with Gasteiger partial charge in [-0.05, 0) is 101 Å². The van der Waals surface area contributed by atoms with Crippen LogP contribution in [0.15, 0.2) is 73.1 Å². The van der Waals surface area contributed by atoms with Crippen LogP contribution in [-0.2, 0) is 49.5 Å². The zero-order valence-corrected chi connectivity index (χ0v) is 41.1. The van der Waals surface area contributed by atoms with Gasteiger partial charge in [0.1, 0.15) is 53.4 Å². The summed E-state index contributed by atoms with van der Waals surface area (Å²) in [5, 5.41) is 14.0. The summed E-state index contributed by atoms with van der Waals surface area (Å²) in [4.78, 5) is 4.11. The molecule has 0 saturated carbocycles. The highest BCUT2D eigenvalue weighted by atomic mass is 35.5. The van der Waals surface area contributed by atoms with Crippen LogP contribution in [0.5, 0.6) is 5.75 Å². The molecule has 1 unspecified atom stereocenters. The van der Waals surface area contributed by atoms with Gasteiger partial charge in [0.05, 0.1) is 48.8 Å². The van der Waals surface area contributed by atoms with Crippen LogP contribution in [-0.4, -0.2) is 71.2 Å². The van der Waals surface area contributed by atoms with Gasteiger partial charge in [0.2, 0.25) is 0 Å². The second-order valence-corrected chi connectivity index (χ2v) is 19.9. The zero-order valence-electron chi connectivity index (χ0n) is 39.4. The molecule has 6 atom stereocenters. The van der Waals surface area contributed by atoms with Gasteiger partial charge in [-0.1, -0.05) is 101 Å². The summed E-state index contributed by atoms with van der Waals surface area (Å²) in [6.07, 6.45) is 19.9. The Bertz CT molecular complexity index is 2290. The Hall–Kier alpha value is -3.94. The Kier molecular flexibility index (Phi) is 20.0. The molecule has 366 valence electrons. The second-order valence-electron chi connectivity index (χ2n) is 17.9. The molecule has 4 aromatic rings. The summed E-state index contributed by atoms with van der Waals surface area (Å²) >= 11 is 6.48. The number of nitriles is 1. The first kappa shape index (κ1) is 52.4. The normalized spacial score (nSPS) is 21.4. The minimum absolute atomic E-state index is 0.0606. The predicted octanol–water partition coefficient (Wildman–Crippen LogP) is 12.0. The number of phosphoric ester groups is 1. The molecule has 2 fully saturated rings. The molecule has 0 radical (unpaired) electrons. The standard InChI is InChI=1S/C50H68ClFN5O9P/c1-5-6-7-8-9-10-11-12-13-14-15-16-17-18-19-22-27-59-33-40(60-32-38-28-37(31-53)29-39(52)30-38)34-61-67(58,66-43-24-21-20-23-41(43)51)62-35-44-46-47(65-49(2,3)64-46)50(4,63-44)45-26-25-42-48(54)55-36-56-57(42)45/h12-13,20-21,23-26,28-30,36,40,44,46-47H,5-11,14-19,22,27,32-35H2,1-4H3,(H2,54,55,56)/b13-12-/t40-,44-,46-,47-,50+,67?/m1/s1. The SMILES string of the molecule is CCCCCCCC/C=C\CCCCCCCCOC[C@H](COP(=O)(OC[C@H]1O[C@@](C)(c2ccc3c(N)ncnn23)[C@@H]2OC(C)(C)O[C@@H]21)Oc1ccccc1Cl)OCc1cc(F)cc(C#N)c1. The van der Waals surface area contributed by atoms with Crippen molar-refractivity contribution < 1.29 is 46.2 Å². The number of ether oxygens (including phenoxy) is 5. The fraction of sp³-hybridized carbons (Fsp3) is 0.580. The number of nitrogens with zero attached hydrogens (tertiary/aromatic N) is 4. The second kappa shape index (κ2) is 25.6. The third-order valence-electron chi connectivity index (χ3n) is 12.0. The van der Waals surface area contributed by atoms with Crippen LogP contribution >= 0.6 is 19.4 Å². The molecule has 17 heteroatoms. The third-order valence-corrected chi connectivity index (χ3v) is 13.6. The molecule has 14 nitrogen and oxygen atoms in total. The van der Waals surface area contributed by atoms with E-state index in [0.29, 0.717) is 29.2 Å². The highest BCUT2D eigenvalue weighted by Crippen LogP contribution is 2.54. The number of para-hydroxylation sites is 1. The Morgan fingerprint density at radius 1 is 0.925 bits per heavy atom. The lowest BCUT2D eigenvalue weighted by Crippen LogP contribution is -2.39. The highest BCUT2D eigenvalue weighted by molar-refractivity contribution is 7.48. The molecule has 4 heterocycles. The minimum atomic E-state index is -4.53. The average molecular weight is 969 g/mol. The number of rotatable bonds is 30. The van der Waals surface area contributed by atoms with Crippen molar-refractivity contribution in [2.75, 3.05) is 32.2 Å². The average Bonchev–Trinajstić information content (AvgIpc) is 3.97. The number of fused-ring (bicyclic) bond motifs is 2. The summed E-state index contributed by atoms with van der Waals surface area (Å²) in [6.45, 7) is 7.56. The number of nitrogens with two attached hydrogens (primary N) is 1. The lowest BCUT2D eigenvalue weighted by Gasteiger charge is -2.31. The van der Waals surface area contributed by atoms with Crippen LogP contribution in [0.25, 0.3) is 5.52 Å². The molecule has 0 spiro atoms. The van der Waals surface area contributed by atoms with E-state index in [-0.39, 0.29) is 42.8 Å². The molecule has 6 rings (SSSR count). The van der Waals surface area contributed by atoms with Gasteiger partial charge >= 0.3 is 7.82 Å². The fourth-order valence-corrected chi connectivity index (χ4v) is 9.98. The molecular formula is C50H68ClFN5O9P. The number of aromatic nitrogens is 3. The van der Waals surface area contributed by atoms with E-state index < -0.39 is 49.4 Å². The van der Waals surface area contributed by atoms with Crippen molar-refractivity contribution in [2.24, 2.45) is 0 Å². The maximum absolute atomic E-state index is 14.8. The molecule has 2 aliphatic heterocycles. The van der Waals surface area contributed by atoms with E-state index in [0.717, 1.165) is 31.7 Å². The predicted molar refractivity (Wildman–Crippen MR) is 255 cm³/mol. The van der Waals surface area contributed by atoms with Gasteiger partial charge in [0.15, 0.2) is 11.6 Å². The Morgan fingerprint density at radius 2 is 1.64 bits per heavy atom. The van der Waals surface area contributed by atoms with Crippen molar-refractivity contribution in [1.82, 2.24) is 14.6 Å². The maximum atomic E-state index is 14.8. The number of unbranched alkanes of at least 4 members (excludes halogenated alkanes) is 12. The summed E-state index contributed by atoms with van der Waals surface area (Å²) in [5.41, 5.74) is 6.86. The highest BCUT2D eigenvalue weighted by Gasteiger charge is 2.62. The Labute approximate surface area is 400 Å². The first-order chi connectivity index (χ1) is 32.3. The van der Waals surface area contributed by atoms with E-state index in [2.05, 4.69) is 29.2 Å². The van der Waals surface area contributed by atoms with Crippen LogP contribution < -0.4 is 10.3 Å². The molecule has 0 amide bonds. The van der Waals surface area contributed by atoms with Gasteiger partial charge in [-0.3, -0.25) is 9.05 Å². The number of anilines is 1. The van der Waals surface area contributed by atoms with Crippen LogP contribution in [0, 0.1) is 17.1 Å². The van der Waals surface area contributed by atoms with Gasteiger partial charge in [-0.15, -0.1) is 0 Å². The monoisotopic (exact) mass is 967 g/mol. The third kappa shape index (κ3) is 15.3. The van der Waals surface area contributed by atoms with Crippen molar-refractivity contribution >= 4 is 30.8 Å². The molecule has 2 aromatic heterocycles. The number of hydrogen-bond acceptors (Lipinski definition) is 13. The molecule has 0 bridgehead atoms. The number of phosphoric acid groups is 1. The molecule has 0 aliphatic carbocycles. The van der Waals surface area contributed by atoms with Crippen LogP contribution in [0.3, 0.4) is 0 Å². The van der Waals surface area contributed by atoms with E-state index in [9.17, 15) is 14.2 Å². The number of nitrogen functional groups attached to an aromatic ring is 1. The Morgan fingerprint density at radius 3 is 2.37 bits per heavy atom. The van der Waals surface area contributed by atoms with E-state index >= 15 is 0 Å². The molecule has 2 N–H and O–H groups in total. The van der Waals surface area contributed by atoms with E-state index in [1.807, 2.05) is 19.1 Å². The number of benzene rings is 2. The molecule has 67 heavy (non-hydrogen) atoms. The number of hydrogen-bond donors (Lipinski definition) is 1. The summed E-state index contributed by atoms with van der Waals surface area (Å²) in [7, 11) is -4.53. The summed E-state index contributed by atoms with van der Waals surface area (Å²) in [5.74, 6) is -1.19. The molecular weight excluding hydrogens is 900 g/mol.